The summed E-state index contributed by atoms with van der Waals surface area (Å²) in [5.41, 5.74) is 13.9. The molecule has 4 N–H and O–H groups in total. The maximum absolute atomic E-state index is 11.4. The first-order chi connectivity index (χ1) is 17.0. The number of nitrogens with two attached hydrogens (primary N) is 1. The summed E-state index contributed by atoms with van der Waals surface area (Å²) in [6, 6.07) is 12.3. The molecule has 8 heteroatoms. The second-order valence-corrected chi connectivity index (χ2v) is 8.40. The van der Waals surface area contributed by atoms with Crippen molar-refractivity contribution in [3.8, 4) is 33.4 Å². The Labute approximate surface area is 200 Å². The van der Waals surface area contributed by atoms with Crippen molar-refractivity contribution in [1.29, 1.82) is 0 Å². The minimum atomic E-state index is -0.494. The van der Waals surface area contributed by atoms with Gasteiger partial charge in [0.25, 0.3) is 0 Å². The van der Waals surface area contributed by atoms with Crippen LogP contribution < -0.4 is 5.73 Å². The summed E-state index contributed by atoms with van der Waals surface area (Å²) in [5, 5.41) is 6.36. The Hall–Kier alpha value is -4.98. The molecule has 35 heavy (non-hydrogen) atoms. The first-order valence-electron chi connectivity index (χ1n) is 11.1. The lowest BCUT2D eigenvalue weighted by Crippen LogP contribution is -2.05. The molecule has 0 atom stereocenters. The van der Waals surface area contributed by atoms with E-state index in [2.05, 4.69) is 32.2 Å². The number of primary amides is 1. The normalized spacial score (nSPS) is 11.7. The molecule has 0 aliphatic carbocycles. The summed E-state index contributed by atoms with van der Waals surface area (Å²) >= 11 is 0. The van der Waals surface area contributed by atoms with Gasteiger partial charge in [-0.1, -0.05) is 0 Å². The third kappa shape index (κ3) is 3.76. The molecule has 1 amide bonds. The first-order valence-corrected chi connectivity index (χ1v) is 11.1. The quantitative estimate of drug-likeness (QED) is 0.325. The Kier molecular flexibility index (Phi) is 4.77. The summed E-state index contributed by atoms with van der Waals surface area (Å²) in [6.07, 6.45) is 14.4. The van der Waals surface area contributed by atoms with E-state index in [0.29, 0.717) is 0 Å². The van der Waals surface area contributed by atoms with Crippen LogP contribution in [0.15, 0.2) is 79.7 Å². The molecule has 0 unspecified atom stereocenters. The highest BCUT2D eigenvalue weighted by atomic mass is 16.1. The van der Waals surface area contributed by atoms with E-state index in [4.69, 9.17) is 10.7 Å². The molecule has 0 fully saturated rings. The van der Waals surface area contributed by atoms with Crippen LogP contribution in [-0.4, -0.2) is 35.6 Å². The van der Waals surface area contributed by atoms with Gasteiger partial charge in [-0.05, 0) is 64.7 Å². The third-order valence-electron chi connectivity index (χ3n) is 6.05. The van der Waals surface area contributed by atoms with E-state index in [1.54, 1.807) is 17.0 Å². The van der Waals surface area contributed by atoms with E-state index in [1.165, 1.54) is 6.08 Å². The fourth-order valence-corrected chi connectivity index (χ4v) is 4.41. The number of rotatable bonds is 5. The lowest BCUT2D eigenvalue weighted by atomic mass is 9.96. The van der Waals surface area contributed by atoms with Gasteiger partial charge in [-0.3, -0.25) is 9.48 Å². The Morgan fingerprint density at radius 3 is 2.54 bits per heavy atom. The summed E-state index contributed by atoms with van der Waals surface area (Å²) in [5.74, 6) is -0.494. The van der Waals surface area contributed by atoms with Crippen LogP contribution in [-0.2, 0) is 11.8 Å². The Balaban J connectivity index is 1.52. The largest absolute Gasteiger partial charge is 0.366 e. The van der Waals surface area contributed by atoms with Crippen molar-refractivity contribution < 1.29 is 4.79 Å². The van der Waals surface area contributed by atoms with Gasteiger partial charge in [-0.25, -0.2) is 9.97 Å². The van der Waals surface area contributed by atoms with E-state index in [0.717, 1.165) is 61.0 Å². The third-order valence-corrected chi connectivity index (χ3v) is 6.05. The number of fused-ring (bicyclic) bond motifs is 2. The van der Waals surface area contributed by atoms with Gasteiger partial charge in [0.05, 0.1) is 6.20 Å². The lowest BCUT2D eigenvalue weighted by molar-refractivity contribution is -0.113. The average molecular weight is 460 g/mol. The molecular weight excluding hydrogens is 438 g/mol. The van der Waals surface area contributed by atoms with Crippen molar-refractivity contribution in [2.45, 2.75) is 0 Å². The fourth-order valence-electron chi connectivity index (χ4n) is 4.41. The number of benzene rings is 1. The molecule has 8 nitrogen and oxygen atoms in total. The van der Waals surface area contributed by atoms with E-state index in [9.17, 15) is 4.79 Å². The topological polar surface area (TPSA) is 118 Å². The number of hydrogen-bond acceptors (Lipinski definition) is 4. The molecule has 5 heterocycles. The number of nitrogens with zero attached hydrogens (tertiary/aromatic N) is 4. The molecule has 0 bridgehead atoms. The number of pyridine rings is 2. The van der Waals surface area contributed by atoms with E-state index < -0.39 is 5.91 Å². The molecule has 6 aromatic rings. The van der Waals surface area contributed by atoms with Gasteiger partial charge >= 0.3 is 0 Å². The van der Waals surface area contributed by atoms with Gasteiger partial charge in [0, 0.05) is 71.6 Å². The van der Waals surface area contributed by atoms with Crippen LogP contribution in [0, 0.1) is 0 Å². The van der Waals surface area contributed by atoms with Crippen molar-refractivity contribution in [3.05, 3.63) is 85.2 Å². The lowest BCUT2D eigenvalue weighted by Gasteiger charge is -2.08. The van der Waals surface area contributed by atoms with Crippen LogP contribution >= 0.6 is 0 Å². The van der Waals surface area contributed by atoms with Gasteiger partial charge in [-0.15, -0.1) is 0 Å². The second kappa shape index (κ2) is 8.11. The monoisotopic (exact) mass is 459 g/mol. The second-order valence-electron chi connectivity index (χ2n) is 8.40. The molecule has 0 radical (unpaired) electrons. The predicted octanol–water partition coefficient (Wildman–Crippen LogP) is 4.67. The zero-order valence-electron chi connectivity index (χ0n) is 18.9. The molecule has 1 aromatic carbocycles. The van der Waals surface area contributed by atoms with Gasteiger partial charge in [-0.2, -0.15) is 5.10 Å². The van der Waals surface area contributed by atoms with Crippen LogP contribution in [0.1, 0.15) is 5.56 Å². The fraction of sp³-hybridized carbons (Fsp3) is 0.0370. The molecule has 0 aliphatic heterocycles. The van der Waals surface area contributed by atoms with Crippen molar-refractivity contribution >= 4 is 34.1 Å². The number of nitrogens with one attached hydrogen (secondary N) is 2. The Bertz CT molecular complexity index is 1750. The summed E-state index contributed by atoms with van der Waals surface area (Å²) in [6.45, 7) is 0. The molecule has 6 rings (SSSR count). The maximum Gasteiger partial charge on any atom is 0.241 e. The average Bonchev–Trinajstić information content (AvgIpc) is 3.61. The molecule has 170 valence electrons. The zero-order valence-corrected chi connectivity index (χ0v) is 18.9. The van der Waals surface area contributed by atoms with E-state index >= 15 is 0 Å². The number of aromatic amines is 2. The standard InChI is InChI=1S/C27H21N7O/c1-34-15-20(13-33-34)18-9-16(2-3-25(28)35)8-17(10-18)19-11-23-24(14-32-27(23)31-12-19)21-4-6-29-26-22(21)5-7-30-26/h2-15H,1H3,(H2,28,35)(H,29,30)(H,31,32). The number of hydrogen-bond donors (Lipinski definition) is 3. The molecule has 0 aliphatic rings. The number of H-pyrrole nitrogens is 2. The number of aromatic nitrogens is 6. The minimum Gasteiger partial charge on any atom is -0.366 e. The predicted molar refractivity (Wildman–Crippen MR) is 137 cm³/mol. The SMILES string of the molecule is Cn1cc(-c2cc(C=CC(N)=O)cc(-c3cnc4[nH]cc(-c5ccnc6[nH]ccc56)c4c3)c2)cn1. The number of aryl methyl sites for hydroxylation is 1. The number of amides is 1. The maximum atomic E-state index is 11.4. The summed E-state index contributed by atoms with van der Waals surface area (Å²) < 4.78 is 1.76. The molecule has 0 saturated heterocycles. The highest BCUT2D eigenvalue weighted by Gasteiger charge is 2.13. The van der Waals surface area contributed by atoms with Crippen LogP contribution in [0.25, 0.3) is 61.5 Å². The van der Waals surface area contributed by atoms with E-state index in [1.807, 2.05) is 62.3 Å². The molecular formula is C27H21N7O. The number of carbonyl (C=O) groups is 1. The van der Waals surface area contributed by atoms with Gasteiger partial charge < -0.3 is 15.7 Å². The van der Waals surface area contributed by atoms with Crippen molar-refractivity contribution in [1.82, 2.24) is 29.7 Å². The van der Waals surface area contributed by atoms with Crippen LogP contribution in [0.3, 0.4) is 0 Å². The molecule has 0 spiro atoms. The smallest absolute Gasteiger partial charge is 0.241 e. The number of carbonyl (C=O) groups excluding carboxylic acids is 1. The van der Waals surface area contributed by atoms with E-state index in [-0.39, 0.29) is 0 Å². The van der Waals surface area contributed by atoms with Crippen LogP contribution in [0.4, 0.5) is 0 Å². The molecule has 0 saturated carbocycles. The van der Waals surface area contributed by atoms with Crippen molar-refractivity contribution in [3.63, 3.8) is 0 Å². The van der Waals surface area contributed by atoms with Crippen molar-refractivity contribution in [2.24, 2.45) is 12.8 Å². The molecule has 5 aromatic heterocycles. The first kappa shape index (κ1) is 20.6. The highest BCUT2D eigenvalue weighted by Crippen LogP contribution is 2.35. The van der Waals surface area contributed by atoms with Gasteiger partial charge in [0.1, 0.15) is 11.3 Å². The van der Waals surface area contributed by atoms with Gasteiger partial charge in [0.15, 0.2) is 0 Å². The van der Waals surface area contributed by atoms with Gasteiger partial charge in [0.2, 0.25) is 5.91 Å². The van der Waals surface area contributed by atoms with Crippen LogP contribution in [0.5, 0.6) is 0 Å². The zero-order chi connectivity index (χ0) is 23.9. The van der Waals surface area contributed by atoms with Crippen LogP contribution in [0.2, 0.25) is 0 Å². The summed E-state index contributed by atoms with van der Waals surface area (Å²) in [4.78, 5) is 26.9. The Morgan fingerprint density at radius 1 is 0.914 bits per heavy atom. The summed E-state index contributed by atoms with van der Waals surface area (Å²) in [7, 11) is 1.88. The Morgan fingerprint density at radius 2 is 1.74 bits per heavy atom. The minimum absolute atomic E-state index is 0.494. The van der Waals surface area contributed by atoms with Crippen molar-refractivity contribution in [2.75, 3.05) is 0 Å². The highest BCUT2D eigenvalue weighted by molar-refractivity contribution is 6.03.